The first kappa shape index (κ1) is 19.8. The number of hydroxylamine groups is 1. The molecule has 6 nitrogen and oxygen atoms in total. The molecule has 30 heavy (non-hydrogen) atoms. The van der Waals surface area contributed by atoms with Crippen molar-refractivity contribution in [3.05, 3.63) is 102 Å². The largest absolute Gasteiger partial charge is 0.393 e. The molecule has 0 bridgehead atoms. The fourth-order valence-corrected chi connectivity index (χ4v) is 3.56. The molecule has 0 radical (unpaired) electrons. The summed E-state index contributed by atoms with van der Waals surface area (Å²) in [4.78, 5) is 22.4. The summed E-state index contributed by atoms with van der Waals surface area (Å²) >= 11 is 5.28. The van der Waals surface area contributed by atoms with Crippen molar-refractivity contribution in [3.8, 4) is 0 Å². The highest BCUT2D eigenvalue weighted by Crippen LogP contribution is 2.26. The van der Waals surface area contributed by atoms with Crippen molar-refractivity contribution in [2.75, 3.05) is 5.32 Å². The number of pyridine rings is 1. The number of nitrogens with two attached hydrogens (primary N) is 1. The highest BCUT2D eigenvalue weighted by atomic mass is 32.1. The molecule has 0 aliphatic carbocycles. The van der Waals surface area contributed by atoms with E-state index in [1.54, 1.807) is 18.5 Å². The minimum atomic E-state index is -0.742. The predicted molar refractivity (Wildman–Crippen MR) is 120 cm³/mol. The van der Waals surface area contributed by atoms with Crippen LogP contribution in [0.4, 0.5) is 5.69 Å². The minimum absolute atomic E-state index is 0.182. The van der Waals surface area contributed by atoms with Gasteiger partial charge in [0.1, 0.15) is 0 Å². The van der Waals surface area contributed by atoms with Crippen LogP contribution in [0.5, 0.6) is 0 Å². The summed E-state index contributed by atoms with van der Waals surface area (Å²) in [5, 5.41) is 2.86. The third kappa shape index (κ3) is 4.37. The Bertz CT molecular complexity index is 1070. The van der Waals surface area contributed by atoms with Crippen molar-refractivity contribution in [2.24, 2.45) is 5.73 Å². The molecule has 2 heterocycles. The molecule has 2 aromatic carbocycles. The van der Waals surface area contributed by atoms with Crippen LogP contribution in [0.2, 0.25) is 0 Å². The van der Waals surface area contributed by atoms with Crippen molar-refractivity contribution in [1.82, 2.24) is 10.5 Å². The number of benzene rings is 2. The Hall–Kier alpha value is -3.55. The standard InChI is InChI=1S/C23H20N4O2S/c24-22(30)21(15-5-2-1-3-6-15)16-8-10-18(11-9-16)26-23(28)20-13-19(27-29-20)17-7-4-12-25-14-17/h1-14,20-21,27H,(H2,24,30)(H,26,28). The molecular weight excluding hydrogens is 396 g/mol. The number of nitrogens with one attached hydrogen (secondary N) is 2. The van der Waals surface area contributed by atoms with Gasteiger partial charge in [0.05, 0.1) is 16.6 Å². The summed E-state index contributed by atoms with van der Waals surface area (Å²) in [5.41, 5.74) is 13.0. The van der Waals surface area contributed by atoms with Gasteiger partial charge in [0.2, 0.25) is 0 Å². The molecule has 1 aliphatic heterocycles. The van der Waals surface area contributed by atoms with Crippen molar-refractivity contribution in [3.63, 3.8) is 0 Å². The van der Waals surface area contributed by atoms with Gasteiger partial charge in [-0.2, -0.15) is 0 Å². The zero-order valence-corrected chi connectivity index (χ0v) is 16.8. The molecular formula is C23H20N4O2S. The Kier molecular flexibility index (Phi) is 5.83. The fraction of sp³-hybridized carbons (Fsp3) is 0.0870. The van der Waals surface area contributed by atoms with E-state index < -0.39 is 6.10 Å². The number of hydrogen-bond acceptors (Lipinski definition) is 5. The maximum Gasteiger partial charge on any atom is 0.260 e. The van der Waals surface area contributed by atoms with Crippen molar-refractivity contribution in [1.29, 1.82) is 0 Å². The molecule has 0 spiro atoms. The highest BCUT2D eigenvalue weighted by Gasteiger charge is 2.25. The number of carbonyl (C=O) groups is 1. The average molecular weight is 417 g/mol. The number of nitrogens with zero attached hydrogens (tertiary/aromatic N) is 1. The molecule has 7 heteroatoms. The molecule has 1 amide bonds. The first-order chi connectivity index (χ1) is 14.6. The third-order valence-electron chi connectivity index (χ3n) is 4.77. The highest BCUT2D eigenvalue weighted by molar-refractivity contribution is 7.80. The number of thiocarbonyl (C=S) groups is 1. The average Bonchev–Trinajstić information content (AvgIpc) is 3.27. The molecule has 3 aromatic rings. The molecule has 4 rings (SSSR count). The molecule has 2 atom stereocenters. The fourth-order valence-electron chi connectivity index (χ4n) is 3.29. The Morgan fingerprint density at radius 1 is 1.07 bits per heavy atom. The van der Waals surface area contributed by atoms with E-state index in [0.717, 1.165) is 16.7 Å². The van der Waals surface area contributed by atoms with Crippen molar-refractivity contribution >= 4 is 34.5 Å². The zero-order chi connectivity index (χ0) is 20.9. The number of anilines is 1. The molecule has 0 saturated carbocycles. The molecule has 0 fully saturated rings. The van der Waals surface area contributed by atoms with E-state index in [4.69, 9.17) is 22.8 Å². The van der Waals surface area contributed by atoms with Gasteiger partial charge in [0.25, 0.3) is 5.91 Å². The van der Waals surface area contributed by atoms with Crippen LogP contribution in [-0.2, 0) is 9.63 Å². The van der Waals surface area contributed by atoms with Gasteiger partial charge in [-0.1, -0.05) is 54.7 Å². The normalized spacial score (nSPS) is 16.3. The maximum absolute atomic E-state index is 12.6. The summed E-state index contributed by atoms with van der Waals surface area (Å²) in [5.74, 6) is -0.457. The van der Waals surface area contributed by atoms with Crippen LogP contribution in [0.25, 0.3) is 5.70 Å². The van der Waals surface area contributed by atoms with Crippen LogP contribution in [-0.4, -0.2) is 22.0 Å². The predicted octanol–water partition coefficient (Wildman–Crippen LogP) is 3.38. The Labute approximate surface area is 179 Å². The molecule has 2 unspecified atom stereocenters. The number of carbonyl (C=O) groups excluding carboxylic acids is 1. The van der Waals surface area contributed by atoms with Gasteiger partial charge < -0.3 is 11.1 Å². The Balaban J connectivity index is 1.45. The number of rotatable bonds is 6. The van der Waals surface area contributed by atoms with Crippen molar-refractivity contribution in [2.45, 2.75) is 12.0 Å². The van der Waals surface area contributed by atoms with Crippen LogP contribution in [0, 0.1) is 0 Å². The van der Waals surface area contributed by atoms with E-state index in [-0.39, 0.29) is 11.8 Å². The molecule has 1 aliphatic rings. The summed E-state index contributed by atoms with van der Waals surface area (Å²) in [6.45, 7) is 0. The lowest BCUT2D eigenvalue weighted by Crippen LogP contribution is -2.28. The van der Waals surface area contributed by atoms with Gasteiger partial charge in [0, 0.05) is 23.6 Å². The zero-order valence-electron chi connectivity index (χ0n) is 16.0. The topological polar surface area (TPSA) is 89.3 Å². The van der Waals surface area contributed by atoms with Gasteiger partial charge in [-0.15, -0.1) is 0 Å². The smallest absolute Gasteiger partial charge is 0.260 e. The second-order valence-electron chi connectivity index (χ2n) is 6.82. The SMILES string of the molecule is NC(=S)C(c1ccccc1)c1ccc(NC(=O)C2C=C(c3cccnc3)NO2)cc1. The van der Waals surface area contributed by atoms with Gasteiger partial charge in [-0.25, -0.2) is 0 Å². The van der Waals surface area contributed by atoms with Crippen LogP contribution in [0.3, 0.4) is 0 Å². The summed E-state index contributed by atoms with van der Waals surface area (Å²) in [6, 6.07) is 21.1. The van der Waals surface area contributed by atoms with Crippen LogP contribution >= 0.6 is 12.2 Å². The second kappa shape index (κ2) is 8.86. The third-order valence-corrected chi connectivity index (χ3v) is 5.01. The monoisotopic (exact) mass is 416 g/mol. The van der Waals surface area contributed by atoms with Gasteiger partial charge in [-0.05, 0) is 41.5 Å². The van der Waals surface area contributed by atoms with Crippen LogP contribution in [0.15, 0.2) is 85.2 Å². The van der Waals surface area contributed by atoms with Gasteiger partial charge >= 0.3 is 0 Å². The van der Waals surface area contributed by atoms with E-state index in [1.165, 1.54) is 0 Å². The van der Waals surface area contributed by atoms with Crippen molar-refractivity contribution < 1.29 is 9.63 Å². The Morgan fingerprint density at radius 2 is 1.80 bits per heavy atom. The lowest BCUT2D eigenvalue weighted by atomic mass is 9.91. The number of hydrogen-bond donors (Lipinski definition) is 3. The minimum Gasteiger partial charge on any atom is -0.393 e. The summed E-state index contributed by atoms with van der Waals surface area (Å²) in [6.07, 6.45) is 4.37. The van der Waals surface area contributed by atoms with Crippen LogP contribution in [0.1, 0.15) is 22.6 Å². The molecule has 0 saturated heterocycles. The van der Waals surface area contributed by atoms with Gasteiger partial charge in [-0.3, -0.25) is 20.1 Å². The molecule has 1 aromatic heterocycles. The first-order valence-corrected chi connectivity index (χ1v) is 9.81. The number of amides is 1. The van der Waals surface area contributed by atoms with E-state index >= 15 is 0 Å². The summed E-state index contributed by atoms with van der Waals surface area (Å²) < 4.78 is 0. The van der Waals surface area contributed by atoms with E-state index in [2.05, 4.69) is 15.8 Å². The van der Waals surface area contributed by atoms with E-state index in [9.17, 15) is 4.79 Å². The first-order valence-electron chi connectivity index (χ1n) is 9.41. The van der Waals surface area contributed by atoms with E-state index in [0.29, 0.717) is 16.4 Å². The maximum atomic E-state index is 12.6. The lowest BCUT2D eigenvalue weighted by molar-refractivity contribution is -0.125. The Morgan fingerprint density at radius 3 is 2.47 bits per heavy atom. The van der Waals surface area contributed by atoms with Crippen LogP contribution < -0.4 is 16.5 Å². The molecule has 150 valence electrons. The van der Waals surface area contributed by atoms with E-state index in [1.807, 2.05) is 66.7 Å². The van der Waals surface area contributed by atoms with Gasteiger partial charge in [0.15, 0.2) is 6.10 Å². The quantitative estimate of drug-likeness (QED) is 0.534. The second-order valence-corrected chi connectivity index (χ2v) is 7.29. The molecule has 4 N–H and O–H groups in total. The lowest BCUT2D eigenvalue weighted by Gasteiger charge is -2.17. The number of aromatic nitrogens is 1. The summed E-state index contributed by atoms with van der Waals surface area (Å²) in [7, 11) is 0.